The van der Waals surface area contributed by atoms with Gasteiger partial charge in [-0.2, -0.15) is 5.26 Å². The van der Waals surface area contributed by atoms with Crippen LogP contribution >= 0.6 is 11.6 Å². The first kappa shape index (κ1) is 16.6. The number of hydrogen-bond donors (Lipinski definition) is 1. The van der Waals surface area contributed by atoms with Crippen molar-refractivity contribution < 1.29 is 9.53 Å². The number of nitriles is 1. The highest BCUT2D eigenvalue weighted by Gasteiger charge is 2.23. The number of ketones is 1. The summed E-state index contributed by atoms with van der Waals surface area (Å²) in [5.41, 5.74) is 7.38. The van der Waals surface area contributed by atoms with Crippen molar-refractivity contribution in [1.82, 2.24) is 9.55 Å². The molecule has 0 aliphatic rings. The first-order valence-corrected chi connectivity index (χ1v) is 7.65. The second-order valence-corrected chi connectivity index (χ2v) is 5.52. The molecular formula is C18H13ClN4O2. The molecule has 0 spiro atoms. The number of pyridine rings is 1. The number of carbonyl (C=O) groups excluding carboxylic acids is 1. The Labute approximate surface area is 149 Å². The number of halogens is 1. The summed E-state index contributed by atoms with van der Waals surface area (Å²) in [6.45, 7) is 0. The summed E-state index contributed by atoms with van der Waals surface area (Å²) in [7, 11) is 1.55. The van der Waals surface area contributed by atoms with Crippen LogP contribution in [-0.2, 0) is 0 Å². The molecule has 0 unspecified atom stereocenters. The normalized spacial score (nSPS) is 10.3. The van der Waals surface area contributed by atoms with Crippen molar-refractivity contribution in [2.45, 2.75) is 0 Å². The summed E-state index contributed by atoms with van der Waals surface area (Å²) >= 11 is 6.14. The fourth-order valence-electron chi connectivity index (χ4n) is 2.47. The van der Waals surface area contributed by atoms with Gasteiger partial charge in [-0.1, -0.05) is 11.6 Å². The van der Waals surface area contributed by atoms with Gasteiger partial charge in [0, 0.05) is 18.0 Å². The Morgan fingerprint density at radius 1 is 1.32 bits per heavy atom. The molecule has 25 heavy (non-hydrogen) atoms. The molecule has 3 rings (SSSR count). The smallest absolute Gasteiger partial charge is 0.211 e. The average molecular weight is 353 g/mol. The maximum Gasteiger partial charge on any atom is 0.211 e. The summed E-state index contributed by atoms with van der Waals surface area (Å²) in [5, 5.41) is 9.47. The van der Waals surface area contributed by atoms with Crippen LogP contribution in [0.3, 0.4) is 0 Å². The zero-order valence-corrected chi connectivity index (χ0v) is 14.0. The molecule has 0 radical (unpaired) electrons. The highest BCUT2D eigenvalue weighted by molar-refractivity contribution is 6.31. The molecule has 0 fully saturated rings. The van der Waals surface area contributed by atoms with Gasteiger partial charge in [0.1, 0.15) is 17.5 Å². The van der Waals surface area contributed by atoms with E-state index < -0.39 is 0 Å². The van der Waals surface area contributed by atoms with Crippen molar-refractivity contribution in [3.63, 3.8) is 0 Å². The van der Waals surface area contributed by atoms with Crippen molar-refractivity contribution in [3.8, 4) is 17.5 Å². The number of rotatable bonds is 4. The standard InChI is InChI=1S/C18H13ClN4O2/c1-25-13-6-4-11(5-7-13)17(24)16-15(21)12(9-20)10-23(16)14-3-2-8-22-18(14)19/h2-8,10H,21H2,1H3. The number of aromatic nitrogens is 2. The van der Waals surface area contributed by atoms with Gasteiger partial charge in [0.15, 0.2) is 5.15 Å². The van der Waals surface area contributed by atoms with Crippen molar-refractivity contribution in [2.75, 3.05) is 12.8 Å². The number of nitrogens with zero attached hydrogens (tertiary/aromatic N) is 3. The monoisotopic (exact) mass is 352 g/mol. The third-order valence-corrected chi connectivity index (χ3v) is 4.02. The molecule has 0 amide bonds. The van der Waals surface area contributed by atoms with E-state index in [4.69, 9.17) is 22.1 Å². The number of benzene rings is 1. The Hall–Kier alpha value is -3.30. The molecule has 6 nitrogen and oxygen atoms in total. The second kappa shape index (κ2) is 6.67. The highest BCUT2D eigenvalue weighted by atomic mass is 35.5. The number of carbonyl (C=O) groups is 1. The van der Waals surface area contributed by atoms with E-state index in [1.54, 1.807) is 43.5 Å². The van der Waals surface area contributed by atoms with Crippen LogP contribution in [0.15, 0.2) is 48.8 Å². The zero-order chi connectivity index (χ0) is 18.0. The van der Waals surface area contributed by atoms with Crippen molar-refractivity contribution in [2.24, 2.45) is 0 Å². The maximum atomic E-state index is 13.0. The number of nitrogens with two attached hydrogens (primary N) is 1. The number of hydrogen-bond acceptors (Lipinski definition) is 5. The van der Waals surface area contributed by atoms with Gasteiger partial charge in [-0.3, -0.25) is 4.79 Å². The minimum absolute atomic E-state index is 0.100. The lowest BCUT2D eigenvalue weighted by molar-refractivity contribution is 0.103. The van der Waals surface area contributed by atoms with Crippen LogP contribution in [0.25, 0.3) is 5.69 Å². The number of methoxy groups -OCH3 is 1. The van der Waals surface area contributed by atoms with E-state index in [0.717, 1.165) is 0 Å². The van der Waals surface area contributed by atoms with Gasteiger partial charge in [-0.15, -0.1) is 0 Å². The van der Waals surface area contributed by atoms with Gasteiger partial charge >= 0.3 is 0 Å². The summed E-state index contributed by atoms with van der Waals surface area (Å²) in [5.74, 6) is 0.300. The van der Waals surface area contributed by atoms with Crippen molar-refractivity contribution in [3.05, 3.63) is 70.8 Å². The average Bonchev–Trinajstić information content (AvgIpc) is 2.97. The Balaban J connectivity index is 2.18. The molecule has 2 N–H and O–H groups in total. The van der Waals surface area contributed by atoms with Crippen LogP contribution < -0.4 is 10.5 Å². The van der Waals surface area contributed by atoms with E-state index in [2.05, 4.69) is 4.98 Å². The SMILES string of the molecule is COc1ccc(C(=O)c2c(N)c(C#N)cn2-c2cccnc2Cl)cc1. The molecule has 0 bridgehead atoms. The van der Waals surface area contributed by atoms with Crippen LogP contribution in [0.4, 0.5) is 5.69 Å². The maximum absolute atomic E-state index is 13.0. The molecule has 3 aromatic rings. The van der Waals surface area contributed by atoms with E-state index >= 15 is 0 Å². The molecule has 7 heteroatoms. The molecule has 0 aliphatic heterocycles. The molecule has 2 heterocycles. The fraction of sp³-hybridized carbons (Fsp3) is 0.0556. The number of ether oxygens (including phenoxy) is 1. The van der Waals surface area contributed by atoms with E-state index in [0.29, 0.717) is 17.0 Å². The molecular weight excluding hydrogens is 340 g/mol. The van der Waals surface area contributed by atoms with Gasteiger partial charge in [-0.05, 0) is 36.4 Å². The van der Waals surface area contributed by atoms with E-state index in [1.807, 2.05) is 6.07 Å². The van der Waals surface area contributed by atoms with Gasteiger partial charge < -0.3 is 15.0 Å². The largest absolute Gasteiger partial charge is 0.497 e. The lowest BCUT2D eigenvalue weighted by atomic mass is 10.1. The third-order valence-electron chi connectivity index (χ3n) is 3.73. The molecule has 0 aliphatic carbocycles. The van der Waals surface area contributed by atoms with E-state index in [-0.39, 0.29) is 27.9 Å². The van der Waals surface area contributed by atoms with Crippen LogP contribution in [-0.4, -0.2) is 22.4 Å². The Kier molecular flexibility index (Phi) is 4.42. The minimum atomic E-state index is -0.332. The van der Waals surface area contributed by atoms with Crippen molar-refractivity contribution in [1.29, 1.82) is 5.26 Å². The summed E-state index contributed by atoms with van der Waals surface area (Å²) in [6, 6.07) is 12.0. The van der Waals surface area contributed by atoms with Crippen LogP contribution in [0.1, 0.15) is 21.6 Å². The molecule has 124 valence electrons. The molecule has 0 atom stereocenters. The summed E-state index contributed by atoms with van der Waals surface area (Å²) < 4.78 is 6.59. The molecule has 0 saturated carbocycles. The lowest BCUT2D eigenvalue weighted by Gasteiger charge is -2.10. The van der Waals surface area contributed by atoms with Gasteiger partial charge in [0.2, 0.25) is 5.78 Å². The minimum Gasteiger partial charge on any atom is -0.497 e. The van der Waals surface area contributed by atoms with Crippen LogP contribution in [0.5, 0.6) is 5.75 Å². The second-order valence-electron chi connectivity index (χ2n) is 5.16. The molecule has 2 aromatic heterocycles. The topological polar surface area (TPSA) is 93.9 Å². The fourth-order valence-corrected chi connectivity index (χ4v) is 2.68. The zero-order valence-electron chi connectivity index (χ0n) is 13.2. The molecule has 1 aromatic carbocycles. The van der Waals surface area contributed by atoms with E-state index in [1.165, 1.54) is 17.0 Å². The van der Waals surface area contributed by atoms with E-state index in [9.17, 15) is 10.1 Å². The molecule has 0 saturated heterocycles. The summed E-state index contributed by atoms with van der Waals surface area (Å²) in [6.07, 6.45) is 3.02. The Bertz CT molecular complexity index is 987. The number of nitrogen functional groups attached to an aromatic ring is 1. The van der Waals surface area contributed by atoms with Gasteiger partial charge in [0.25, 0.3) is 0 Å². The van der Waals surface area contributed by atoms with Crippen LogP contribution in [0, 0.1) is 11.3 Å². The summed E-state index contributed by atoms with van der Waals surface area (Å²) in [4.78, 5) is 17.0. The first-order valence-electron chi connectivity index (χ1n) is 7.27. The predicted octanol–water partition coefficient (Wildman–Crippen LogP) is 3.22. The van der Waals surface area contributed by atoms with Gasteiger partial charge in [0.05, 0.1) is 24.0 Å². The van der Waals surface area contributed by atoms with Crippen LogP contribution in [0.2, 0.25) is 5.15 Å². The first-order chi connectivity index (χ1) is 12.1. The van der Waals surface area contributed by atoms with Gasteiger partial charge in [-0.25, -0.2) is 4.98 Å². The third kappa shape index (κ3) is 2.93. The Morgan fingerprint density at radius 2 is 2.04 bits per heavy atom. The lowest BCUT2D eigenvalue weighted by Crippen LogP contribution is -2.11. The predicted molar refractivity (Wildman–Crippen MR) is 94.1 cm³/mol. The number of anilines is 1. The highest BCUT2D eigenvalue weighted by Crippen LogP contribution is 2.29. The quantitative estimate of drug-likeness (QED) is 0.574. The Morgan fingerprint density at radius 3 is 2.64 bits per heavy atom. The van der Waals surface area contributed by atoms with Crippen molar-refractivity contribution >= 4 is 23.1 Å².